The molecule has 0 radical (unpaired) electrons. The first-order valence-electron chi connectivity index (χ1n) is 7.57. The molecular weight excluding hydrogens is 282 g/mol. The van der Waals surface area contributed by atoms with Gasteiger partial charge in [-0.25, -0.2) is 9.50 Å². The number of aromatic nitrogens is 3. The number of rotatable bonds is 5. The van der Waals surface area contributed by atoms with Gasteiger partial charge in [-0.15, -0.1) is 0 Å². The normalized spacial score (nSPS) is 16.9. The lowest BCUT2D eigenvalue weighted by Crippen LogP contribution is -2.38. The van der Waals surface area contributed by atoms with Crippen molar-refractivity contribution in [3.63, 3.8) is 0 Å². The van der Waals surface area contributed by atoms with E-state index in [4.69, 9.17) is 5.26 Å². The summed E-state index contributed by atoms with van der Waals surface area (Å²) in [5, 5.41) is 24.6. The molecular formula is C15H19N5O2. The van der Waals surface area contributed by atoms with Gasteiger partial charge in [0, 0.05) is 24.8 Å². The third kappa shape index (κ3) is 2.75. The summed E-state index contributed by atoms with van der Waals surface area (Å²) in [6.07, 6.45) is 6.15. The van der Waals surface area contributed by atoms with E-state index in [1.165, 1.54) is 29.6 Å². The standard InChI is InChI=1S/C15H19N5O2/c16-6-11-7-18-20-14(22)5-12(19-15(11)20)8-17-13(9-21)10-3-1-2-4-10/h5,7,10,13,17-18,21H,1-4,8-9H2. The molecule has 1 fully saturated rings. The fourth-order valence-electron chi connectivity index (χ4n) is 3.18. The first-order valence-corrected chi connectivity index (χ1v) is 7.57. The highest BCUT2D eigenvalue weighted by molar-refractivity contribution is 5.53. The molecule has 116 valence electrons. The Morgan fingerprint density at radius 2 is 2.32 bits per heavy atom. The first kappa shape index (κ1) is 14.8. The van der Waals surface area contributed by atoms with Gasteiger partial charge < -0.3 is 10.4 Å². The van der Waals surface area contributed by atoms with Gasteiger partial charge in [0.05, 0.1) is 12.3 Å². The maximum absolute atomic E-state index is 12.0. The lowest BCUT2D eigenvalue weighted by atomic mass is 9.99. The molecule has 3 rings (SSSR count). The summed E-state index contributed by atoms with van der Waals surface area (Å²) in [6, 6.07) is 3.49. The summed E-state index contributed by atoms with van der Waals surface area (Å²) in [5.74, 6) is 0.483. The van der Waals surface area contributed by atoms with Gasteiger partial charge in [0.1, 0.15) is 11.6 Å². The molecule has 0 aromatic carbocycles. The number of H-pyrrole nitrogens is 1. The average Bonchev–Trinajstić information content (AvgIpc) is 3.17. The van der Waals surface area contributed by atoms with Crippen LogP contribution < -0.4 is 10.9 Å². The van der Waals surface area contributed by atoms with E-state index in [2.05, 4.69) is 15.4 Å². The number of aliphatic hydroxyl groups excluding tert-OH is 1. The van der Waals surface area contributed by atoms with Crippen molar-refractivity contribution in [1.29, 1.82) is 5.26 Å². The molecule has 0 spiro atoms. The highest BCUT2D eigenvalue weighted by Gasteiger charge is 2.24. The summed E-state index contributed by atoms with van der Waals surface area (Å²) in [4.78, 5) is 16.4. The molecule has 7 heteroatoms. The molecule has 2 aromatic rings. The number of aromatic amines is 1. The van der Waals surface area contributed by atoms with Gasteiger partial charge >= 0.3 is 0 Å². The van der Waals surface area contributed by atoms with Crippen LogP contribution in [0.5, 0.6) is 0 Å². The van der Waals surface area contributed by atoms with E-state index in [0.29, 0.717) is 29.4 Å². The van der Waals surface area contributed by atoms with Crippen LogP contribution in [-0.4, -0.2) is 32.4 Å². The number of hydrogen-bond donors (Lipinski definition) is 3. The first-order chi connectivity index (χ1) is 10.7. The minimum atomic E-state index is -0.246. The van der Waals surface area contributed by atoms with Crippen molar-refractivity contribution in [2.75, 3.05) is 6.61 Å². The quantitative estimate of drug-likeness (QED) is 0.747. The van der Waals surface area contributed by atoms with Gasteiger partial charge in [0.2, 0.25) is 0 Å². The molecule has 1 unspecified atom stereocenters. The van der Waals surface area contributed by atoms with Crippen molar-refractivity contribution < 1.29 is 5.11 Å². The second-order valence-electron chi connectivity index (χ2n) is 5.76. The zero-order valence-electron chi connectivity index (χ0n) is 12.2. The molecule has 0 bridgehead atoms. The van der Waals surface area contributed by atoms with E-state index in [9.17, 15) is 9.90 Å². The molecule has 1 atom stereocenters. The fourth-order valence-corrected chi connectivity index (χ4v) is 3.18. The Balaban J connectivity index is 1.78. The summed E-state index contributed by atoms with van der Waals surface area (Å²) in [6.45, 7) is 0.489. The van der Waals surface area contributed by atoms with Crippen LogP contribution in [0.1, 0.15) is 36.9 Å². The van der Waals surface area contributed by atoms with E-state index in [1.54, 1.807) is 0 Å². The topological polar surface area (TPSA) is 106 Å². The van der Waals surface area contributed by atoms with Crippen LogP contribution in [0.15, 0.2) is 17.1 Å². The van der Waals surface area contributed by atoms with Gasteiger partial charge in [0.15, 0.2) is 5.65 Å². The zero-order chi connectivity index (χ0) is 15.5. The second-order valence-corrected chi connectivity index (χ2v) is 5.76. The molecule has 0 aliphatic heterocycles. The van der Waals surface area contributed by atoms with E-state index in [-0.39, 0.29) is 18.2 Å². The van der Waals surface area contributed by atoms with Crippen LogP contribution in [0.3, 0.4) is 0 Å². The maximum atomic E-state index is 12.0. The highest BCUT2D eigenvalue weighted by atomic mass is 16.3. The maximum Gasteiger partial charge on any atom is 0.272 e. The summed E-state index contributed by atoms with van der Waals surface area (Å²) in [5.41, 5.74) is 1.02. The third-order valence-corrected chi connectivity index (χ3v) is 4.38. The van der Waals surface area contributed by atoms with Crippen molar-refractivity contribution in [1.82, 2.24) is 19.9 Å². The van der Waals surface area contributed by atoms with Crippen molar-refractivity contribution in [3.8, 4) is 6.07 Å². The molecule has 1 aliphatic rings. The number of hydrogen-bond acceptors (Lipinski definition) is 5. The van der Waals surface area contributed by atoms with E-state index < -0.39 is 0 Å². The van der Waals surface area contributed by atoms with E-state index in [1.807, 2.05) is 6.07 Å². The van der Waals surface area contributed by atoms with Gasteiger partial charge in [-0.2, -0.15) is 5.26 Å². The molecule has 7 nitrogen and oxygen atoms in total. The molecule has 2 heterocycles. The predicted molar refractivity (Wildman–Crippen MR) is 80.2 cm³/mol. The number of nitrogens with one attached hydrogen (secondary N) is 2. The Hall–Kier alpha value is -2.17. The monoisotopic (exact) mass is 301 g/mol. The van der Waals surface area contributed by atoms with Crippen LogP contribution in [0, 0.1) is 17.2 Å². The van der Waals surface area contributed by atoms with Gasteiger partial charge in [-0.3, -0.25) is 9.89 Å². The molecule has 3 N–H and O–H groups in total. The van der Waals surface area contributed by atoms with Crippen LogP contribution >= 0.6 is 0 Å². The van der Waals surface area contributed by atoms with Crippen molar-refractivity contribution >= 4 is 5.65 Å². The fraction of sp³-hybridized carbons (Fsp3) is 0.533. The van der Waals surface area contributed by atoms with Crippen molar-refractivity contribution in [3.05, 3.63) is 33.9 Å². The van der Waals surface area contributed by atoms with Crippen LogP contribution in [0.2, 0.25) is 0 Å². The van der Waals surface area contributed by atoms with Crippen LogP contribution in [0.4, 0.5) is 0 Å². The Morgan fingerprint density at radius 3 is 3.00 bits per heavy atom. The average molecular weight is 301 g/mol. The Bertz CT molecular complexity index is 751. The SMILES string of the molecule is N#Cc1c[nH]n2c(=O)cc(CNC(CO)C3CCCC3)nc12. The van der Waals surface area contributed by atoms with Crippen molar-refractivity contribution in [2.24, 2.45) is 5.92 Å². The Kier molecular flexibility index (Phi) is 4.22. The molecule has 1 saturated carbocycles. The zero-order valence-corrected chi connectivity index (χ0v) is 12.2. The van der Waals surface area contributed by atoms with Gasteiger partial charge in [-0.1, -0.05) is 12.8 Å². The summed E-state index contributed by atoms with van der Waals surface area (Å²) in [7, 11) is 0. The van der Waals surface area contributed by atoms with E-state index in [0.717, 1.165) is 12.8 Å². The van der Waals surface area contributed by atoms with Crippen molar-refractivity contribution in [2.45, 2.75) is 38.3 Å². The predicted octanol–water partition coefficient (Wildman–Crippen LogP) is 0.535. The number of aliphatic hydroxyl groups is 1. The Morgan fingerprint density at radius 1 is 1.55 bits per heavy atom. The summed E-state index contributed by atoms with van der Waals surface area (Å²) >= 11 is 0. The molecule has 22 heavy (non-hydrogen) atoms. The Labute approximate surface area is 127 Å². The molecule has 0 amide bonds. The molecule has 2 aromatic heterocycles. The summed E-state index contributed by atoms with van der Waals surface area (Å²) < 4.78 is 1.25. The smallest absolute Gasteiger partial charge is 0.272 e. The minimum absolute atomic E-state index is 0.0319. The largest absolute Gasteiger partial charge is 0.395 e. The third-order valence-electron chi connectivity index (χ3n) is 4.38. The minimum Gasteiger partial charge on any atom is -0.395 e. The number of fused-ring (bicyclic) bond motifs is 1. The second kappa shape index (κ2) is 6.30. The lowest BCUT2D eigenvalue weighted by molar-refractivity contribution is 0.197. The van der Waals surface area contributed by atoms with Gasteiger partial charge in [-0.05, 0) is 18.8 Å². The number of nitriles is 1. The van der Waals surface area contributed by atoms with E-state index >= 15 is 0 Å². The van der Waals surface area contributed by atoms with Gasteiger partial charge in [0.25, 0.3) is 5.56 Å². The molecule has 0 saturated heterocycles. The molecule has 1 aliphatic carbocycles. The van der Waals surface area contributed by atoms with Crippen LogP contribution in [-0.2, 0) is 6.54 Å². The van der Waals surface area contributed by atoms with Crippen LogP contribution in [0.25, 0.3) is 5.65 Å². The number of nitrogens with zero attached hydrogens (tertiary/aromatic N) is 3. The lowest BCUT2D eigenvalue weighted by Gasteiger charge is -2.22. The highest BCUT2D eigenvalue weighted by Crippen LogP contribution is 2.27.